The number of hydrogen-bond acceptors (Lipinski definition) is 5. The van der Waals surface area contributed by atoms with Crippen LogP contribution < -0.4 is 5.32 Å². The van der Waals surface area contributed by atoms with Crippen LogP contribution in [-0.4, -0.2) is 47.4 Å². The summed E-state index contributed by atoms with van der Waals surface area (Å²) < 4.78 is 5.51. The largest absolute Gasteiger partial charge is 0.466 e. The van der Waals surface area contributed by atoms with Gasteiger partial charge in [0.15, 0.2) is 0 Å². The molecular formula is C78H151NO5. The van der Waals surface area contributed by atoms with E-state index in [-0.39, 0.29) is 18.5 Å². The van der Waals surface area contributed by atoms with Gasteiger partial charge < -0.3 is 20.3 Å². The smallest absolute Gasteiger partial charge is 0.305 e. The van der Waals surface area contributed by atoms with E-state index in [2.05, 4.69) is 31.3 Å². The summed E-state index contributed by atoms with van der Waals surface area (Å²) in [6.45, 7) is 4.95. The molecule has 2 atom stereocenters. The van der Waals surface area contributed by atoms with Crippen LogP contribution in [0.3, 0.4) is 0 Å². The van der Waals surface area contributed by atoms with E-state index in [9.17, 15) is 19.8 Å². The summed E-state index contributed by atoms with van der Waals surface area (Å²) in [6.07, 6.45) is 94.4. The zero-order valence-corrected chi connectivity index (χ0v) is 57.2. The van der Waals surface area contributed by atoms with E-state index in [0.717, 1.165) is 44.9 Å². The number of carbonyl (C=O) groups is 2. The number of aliphatic hydroxyl groups excluding tert-OH is 2. The Balaban J connectivity index is 3.33. The van der Waals surface area contributed by atoms with Gasteiger partial charge in [-0.1, -0.05) is 391 Å². The number of esters is 1. The molecule has 84 heavy (non-hydrogen) atoms. The van der Waals surface area contributed by atoms with Gasteiger partial charge in [0.2, 0.25) is 5.91 Å². The Bertz CT molecular complexity index is 1320. The van der Waals surface area contributed by atoms with Crippen LogP contribution in [0.15, 0.2) is 24.3 Å². The number of unbranched alkanes of at least 4 members (excludes halogenated alkanes) is 60. The topological polar surface area (TPSA) is 95.9 Å². The predicted molar refractivity (Wildman–Crippen MR) is 370 cm³/mol. The zero-order chi connectivity index (χ0) is 60.6. The van der Waals surface area contributed by atoms with Gasteiger partial charge >= 0.3 is 5.97 Å². The monoisotopic (exact) mass is 1180 g/mol. The Labute approximate surface area is 526 Å². The fraction of sp³-hybridized carbons (Fsp3) is 0.923. The third kappa shape index (κ3) is 69.4. The molecule has 0 aliphatic heterocycles. The SMILES string of the molecule is CCCCCCCCC/C=C\CCCCCCCCCC(=O)OCCCCCCCCCCCCCCCCCCCCCCCCCCCCCCCCCCC(=O)NC(CO)C(O)/C=C/CCCCCCCCCCCCCCCCC. The van der Waals surface area contributed by atoms with Crippen molar-refractivity contribution >= 4 is 11.9 Å². The third-order valence-electron chi connectivity index (χ3n) is 18.2. The van der Waals surface area contributed by atoms with Crippen molar-refractivity contribution in [3.63, 3.8) is 0 Å². The summed E-state index contributed by atoms with van der Waals surface area (Å²) in [5.41, 5.74) is 0. The summed E-state index contributed by atoms with van der Waals surface area (Å²) in [5.74, 6) is -0.0408. The second-order valence-corrected chi connectivity index (χ2v) is 26.7. The lowest BCUT2D eigenvalue weighted by atomic mass is 10.0. The lowest BCUT2D eigenvalue weighted by Gasteiger charge is -2.20. The quantitative estimate of drug-likeness (QED) is 0.0320. The first-order chi connectivity index (χ1) is 41.5. The molecule has 0 bridgehead atoms. The summed E-state index contributed by atoms with van der Waals surface area (Å²) in [4.78, 5) is 24.6. The molecule has 498 valence electrons. The highest BCUT2D eigenvalue weighted by Gasteiger charge is 2.18. The molecule has 0 aliphatic carbocycles. The van der Waals surface area contributed by atoms with Crippen molar-refractivity contribution in [2.75, 3.05) is 13.2 Å². The van der Waals surface area contributed by atoms with Gasteiger partial charge in [-0.25, -0.2) is 0 Å². The molecule has 6 nitrogen and oxygen atoms in total. The number of aliphatic hydroxyl groups is 2. The van der Waals surface area contributed by atoms with Crippen molar-refractivity contribution in [2.45, 2.75) is 450 Å². The Kier molecular flexibility index (Phi) is 72.3. The van der Waals surface area contributed by atoms with Crippen LogP contribution in [0.4, 0.5) is 0 Å². The normalized spacial score (nSPS) is 12.6. The van der Waals surface area contributed by atoms with Crippen molar-refractivity contribution in [3.8, 4) is 0 Å². The molecule has 0 aliphatic rings. The number of amides is 1. The summed E-state index contributed by atoms with van der Waals surface area (Å²) in [6, 6.07) is -0.624. The minimum atomic E-state index is -0.841. The van der Waals surface area contributed by atoms with Crippen LogP contribution in [0.1, 0.15) is 438 Å². The molecule has 2 unspecified atom stereocenters. The fourth-order valence-electron chi connectivity index (χ4n) is 12.3. The molecule has 0 saturated carbocycles. The average Bonchev–Trinajstić information content (AvgIpc) is 3.51. The maximum Gasteiger partial charge on any atom is 0.305 e. The number of hydrogen-bond donors (Lipinski definition) is 3. The standard InChI is InChI=1S/C78H151NO5/c1-3-5-7-9-11-13-15-17-19-21-40-44-48-52-56-60-64-68-72-78(83)84-73-69-65-61-57-53-49-45-41-37-35-33-31-29-27-25-23-22-24-26-28-30-32-34-36-39-43-47-51-55-59-63-67-71-77(82)79-75(74-80)76(81)70-66-62-58-54-50-46-42-38-20-18-16-14-12-10-8-6-4-2/h19,21,66,70,75-76,80-81H,3-18,20,22-65,67-69,71-74H2,1-2H3,(H,79,82)/b21-19-,70-66+. The van der Waals surface area contributed by atoms with Crippen molar-refractivity contribution in [3.05, 3.63) is 24.3 Å². The van der Waals surface area contributed by atoms with Gasteiger partial charge in [-0.05, 0) is 57.8 Å². The Morgan fingerprint density at radius 1 is 0.321 bits per heavy atom. The van der Waals surface area contributed by atoms with Crippen LogP contribution >= 0.6 is 0 Å². The van der Waals surface area contributed by atoms with E-state index in [1.807, 2.05) is 6.08 Å². The van der Waals surface area contributed by atoms with E-state index in [4.69, 9.17) is 4.74 Å². The van der Waals surface area contributed by atoms with Gasteiger partial charge in [-0.3, -0.25) is 9.59 Å². The zero-order valence-electron chi connectivity index (χ0n) is 57.2. The number of carbonyl (C=O) groups excluding carboxylic acids is 2. The molecule has 0 rings (SSSR count). The Morgan fingerprint density at radius 3 is 0.845 bits per heavy atom. The first-order valence-corrected chi connectivity index (χ1v) is 38.6. The van der Waals surface area contributed by atoms with Gasteiger partial charge in [0.05, 0.1) is 25.4 Å². The molecule has 0 radical (unpaired) electrons. The molecular weight excluding hydrogens is 1030 g/mol. The lowest BCUT2D eigenvalue weighted by molar-refractivity contribution is -0.143. The first-order valence-electron chi connectivity index (χ1n) is 38.6. The van der Waals surface area contributed by atoms with Crippen LogP contribution in [0, 0.1) is 0 Å². The molecule has 0 saturated heterocycles. The van der Waals surface area contributed by atoms with Gasteiger partial charge in [0.25, 0.3) is 0 Å². The molecule has 3 N–H and O–H groups in total. The molecule has 0 heterocycles. The third-order valence-corrected chi connectivity index (χ3v) is 18.2. The van der Waals surface area contributed by atoms with Crippen molar-refractivity contribution in [1.29, 1.82) is 0 Å². The van der Waals surface area contributed by atoms with Crippen LogP contribution in [0.5, 0.6) is 0 Å². The van der Waals surface area contributed by atoms with Gasteiger partial charge in [0, 0.05) is 12.8 Å². The molecule has 0 spiro atoms. The van der Waals surface area contributed by atoms with Crippen molar-refractivity contribution in [2.24, 2.45) is 0 Å². The summed E-state index contributed by atoms with van der Waals surface area (Å²) in [7, 11) is 0. The van der Waals surface area contributed by atoms with Crippen molar-refractivity contribution in [1.82, 2.24) is 5.32 Å². The van der Waals surface area contributed by atoms with Crippen LogP contribution in [0.25, 0.3) is 0 Å². The highest BCUT2D eigenvalue weighted by molar-refractivity contribution is 5.76. The second-order valence-electron chi connectivity index (χ2n) is 26.7. The summed E-state index contributed by atoms with van der Waals surface area (Å²) >= 11 is 0. The molecule has 0 aromatic rings. The fourth-order valence-corrected chi connectivity index (χ4v) is 12.3. The predicted octanol–water partition coefficient (Wildman–Crippen LogP) is 25.3. The Morgan fingerprint density at radius 2 is 0.560 bits per heavy atom. The molecule has 0 aromatic heterocycles. The van der Waals surface area contributed by atoms with Gasteiger partial charge in [-0.15, -0.1) is 0 Å². The molecule has 0 aromatic carbocycles. The van der Waals surface area contributed by atoms with Crippen LogP contribution in [0.2, 0.25) is 0 Å². The maximum atomic E-state index is 12.5. The number of allylic oxidation sites excluding steroid dienone is 3. The minimum absolute atomic E-state index is 0.0190. The highest BCUT2D eigenvalue weighted by atomic mass is 16.5. The minimum Gasteiger partial charge on any atom is -0.466 e. The number of ether oxygens (including phenoxy) is 1. The van der Waals surface area contributed by atoms with E-state index in [1.165, 1.54) is 366 Å². The second kappa shape index (κ2) is 73.8. The number of nitrogens with one attached hydrogen (secondary N) is 1. The van der Waals surface area contributed by atoms with Crippen molar-refractivity contribution < 1.29 is 24.5 Å². The van der Waals surface area contributed by atoms with Crippen LogP contribution in [-0.2, 0) is 14.3 Å². The van der Waals surface area contributed by atoms with E-state index < -0.39 is 12.1 Å². The van der Waals surface area contributed by atoms with E-state index >= 15 is 0 Å². The average molecular weight is 1180 g/mol. The molecule has 0 fully saturated rings. The molecule has 6 heteroatoms. The van der Waals surface area contributed by atoms with E-state index in [0.29, 0.717) is 19.4 Å². The lowest BCUT2D eigenvalue weighted by Crippen LogP contribution is -2.45. The first kappa shape index (κ1) is 82.3. The number of rotatable bonds is 73. The Hall–Kier alpha value is -1.66. The highest BCUT2D eigenvalue weighted by Crippen LogP contribution is 2.20. The maximum absolute atomic E-state index is 12.5. The molecule has 1 amide bonds. The van der Waals surface area contributed by atoms with E-state index in [1.54, 1.807) is 6.08 Å². The van der Waals surface area contributed by atoms with Gasteiger partial charge in [0.1, 0.15) is 0 Å². The van der Waals surface area contributed by atoms with Gasteiger partial charge in [-0.2, -0.15) is 0 Å². The summed E-state index contributed by atoms with van der Waals surface area (Å²) in [5, 5.41) is 23.2.